The first-order valence-electron chi connectivity index (χ1n) is 7.05. The molecule has 2 aromatic rings. The quantitative estimate of drug-likeness (QED) is 0.698. The number of hydrogen-bond acceptors (Lipinski definition) is 1. The lowest BCUT2D eigenvalue weighted by Crippen LogP contribution is -2.31. The van der Waals surface area contributed by atoms with E-state index < -0.39 is 17.5 Å². The summed E-state index contributed by atoms with van der Waals surface area (Å²) in [5, 5.41) is 3.36. The second kappa shape index (κ2) is 4.90. The summed E-state index contributed by atoms with van der Waals surface area (Å²) in [6, 6.07) is 7.61. The predicted molar refractivity (Wildman–Crippen MR) is 83.1 cm³/mol. The minimum Gasteiger partial charge on any atom is -0.376 e. The fourth-order valence-electron chi connectivity index (χ4n) is 3.04. The average Bonchev–Trinajstić information content (AvgIpc) is 2.43. The molecule has 0 fully saturated rings. The van der Waals surface area contributed by atoms with Crippen molar-refractivity contribution in [2.75, 3.05) is 5.32 Å². The van der Waals surface area contributed by atoms with Crippen LogP contribution in [0.25, 0.3) is 16.7 Å². The molecule has 114 valence electrons. The fourth-order valence-corrected chi connectivity index (χ4v) is 3.04. The molecular weight excluding hydrogens is 287 g/mol. The summed E-state index contributed by atoms with van der Waals surface area (Å²) < 4.78 is 40.8. The van der Waals surface area contributed by atoms with Gasteiger partial charge in [0.25, 0.3) is 0 Å². The fraction of sp³-hybridized carbons (Fsp3) is 0.222. The zero-order valence-corrected chi connectivity index (χ0v) is 12.6. The average molecular weight is 303 g/mol. The largest absolute Gasteiger partial charge is 0.376 e. The first-order valence-corrected chi connectivity index (χ1v) is 7.05. The van der Waals surface area contributed by atoms with Crippen LogP contribution < -0.4 is 5.32 Å². The van der Waals surface area contributed by atoms with Crippen molar-refractivity contribution in [1.29, 1.82) is 0 Å². The Hall–Kier alpha value is -2.23. The van der Waals surface area contributed by atoms with E-state index in [4.69, 9.17) is 0 Å². The molecule has 0 spiro atoms. The van der Waals surface area contributed by atoms with Crippen LogP contribution >= 0.6 is 0 Å². The van der Waals surface area contributed by atoms with E-state index in [1.807, 2.05) is 32.9 Å². The lowest BCUT2D eigenvalue weighted by Gasteiger charge is -2.32. The van der Waals surface area contributed by atoms with Crippen LogP contribution in [0.4, 0.5) is 18.9 Å². The monoisotopic (exact) mass is 303 g/mol. The molecule has 1 aliphatic rings. The Labute approximate surface area is 127 Å². The minimum atomic E-state index is -1.44. The number of halogens is 3. The molecule has 1 nitrogen and oxygen atoms in total. The standard InChI is InChI=1S/C18H16F3N/c1-10-9-18(2,3)22-14-6-4-5-11(15(10)14)12-7-8-13(19)17(21)16(12)20/h4-9,22H,1-3H3. The summed E-state index contributed by atoms with van der Waals surface area (Å²) in [7, 11) is 0. The van der Waals surface area contributed by atoms with Gasteiger partial charge in [-0.15, -0.1) is 0 Å². The van der Waals surface area contributed by atoms with Gasteiger partial charge in [0.15, 0.2) is 17.5 Å². The molecule has 0 saturated carbocycles. The van der Waals surface area contributed by atoms with Crippen LogP contribution in [0.1, 0.15) is 26.3 Å². The molecule has 0 amide bonds. The smallest absolute Gasteiger partial charge is 0.195 e. The van der Waals surface area contributed by atoms with Crippen LogP contribution in [0.15, 0.2) is 36.4 Å². The van der Waals surface area contributed by atoms with Crippen molar-refractivity contribution in [1.82, 2.24) is 0 Å². The summed E-state index contributed by atoms with van der Waals surface area (Å²) in [5.74, 6) is -3.79. The molecule has 1 aliphatic heterocycles. The molecule has 3 rings (SSSR count). The highest BCUT2D eigenvalue weighted by atomic mass is 19.2. The van der Waals surface area contributed by atoms with Gasteiger partial charge in [-0.1, -0.05) is 18.2 Å². The SMILES string of the molecule is CC1=CC(C)(C)Nc2cccc(-c3ccc(F)c(F)c3F)c21. The van der Waals surface area contributed by atoms with Crippen molar-refractivity contribution in [3.05, 3.63) is 59.4 Å². The Morgan fingerprint density at radius 3 is 2.36 bits per heavy atom. The number of nitrogens with one attached hydrogen (secondary N) is 1. The van der Waals surface area contributed by atoms with E-state index in [0.717, 1.165) is 22.9 Å². The van der Waals surface area contributed by atoms with E-state index in [0.29, 0.717) is 5.56 Å². The van der Waals surface area contributed by atoms with Crippen molar-refractivity contribution < 1.29 is 13.2 Å². The number of anilines is 1. The van der Waals surface area contributed by atoms with Crippen LogP contribution in [0.5, 0.6) is 0 Å². The number of fused-ring (bicyclic) bond motifs is 1. The second-order valence-corrected chi connectivity index (χ2v) is 6.13. The van der Waals surface area contributed by atoms with Crippen molar-refractivity contribution in [2.24, 2.45) is 0 Å². The van der Waals surface area contributed by atoms with Crippen LogP contribution in [-0.4, -0.2) is 5.54 Å². The predicted octanol–water partition coefficient (Wildman–Crippen LogP) is 5.38. The van der Waals surface area contributed by atoms with Gasteiger partial charge in [0.2, 0.25) is 0 Å². The summed E-state index contributed by atoms with van der Waals surface area (Å²) in [6.07, 6.45) is 2.04. The molecule has 0 saturated heterocycles. The Bertz CT molecular complexity index is 791. The molecule has 0 bridgehead atoms. The minimum absolute atomic E-state index is 0.0602. The van der Waals surface area contributed by atoms with Gasteiger partial charge in [0, 0.05) is 16.8 Å². The Morgan fingerprint density at radius 1 is 0.909 bits per heavy atom. The van der Waals surface area contributed by atoms with Crippen LogP contribution in [-0.2, 0) is 0 Å². The third kappa shape index (κ3) is 2.28. The summed E-state index contributed by atoms with van der Waals surface area (Å²) in [5.41, 5.74) is 3.02. The molecule has 0 aromatic heterocycles. The topological polar surface area (TPSA) is 12.0 Å². The number of rotatable bonds is 1. The first-order chi connectivity index (χ1) is 10.3. The van der Waals surface area contributed by atoms with E-state index in [9.17, 15) is 13.2 Å². The summed E-state index contributed by atoms with van der Waals surface area (Å²) in [4.78, 5) is 0. The molecule has 0 unspecified atom stereocenters. The van der Waals surface area contributed by atoms with Gasteiger partial charge < -0.3 is 5.32 Å². The molecule has 0 radical (unpaired) electrons. The molecule has 1 heterocycles. The molecule has 0 aliphatic carbocycles. The highest BCUT2D eigenvalue weighted by Gasteiger charge is 2.26. The Kier molecular flexibility index (Phi) is 3.28. The zero-order chi connectivity index (χ0) is 16.1. The van der Waals surface area contributed by atoms with Gasteiger partial charge in [-0.2, -0.15) is 0 Å². The summed E-state index contributed by atoms with van der Waals surface area (Å²) >= 11 is 0. The number of allylic oxidation sites excluding steroid dienone is 1. The van der Waals surface area contributed by atoms with Gasteiger partial charge >= 0.3 is 0 Å². The van der Waals surface area contributed by atoms with Crippen molar-refractivity contribution >= 4 is 11.3 Å². The van der Waals surface area contributed by atoms with E-state index in [2.05, 4.69) is 5.32 Å². The van der Waals surface area contributed by atoms with Crippen molar-refractivity contribution in [3.8, 4) is 11.1 Å². The first kappa shape index (κ1) is 14.7. The third-order valence-corrected chi connectivity index (χ3v) is 3.82. The van der Waals surface area contributed by atoms with Gasteiger partial charge in [-0.05, 0) is 50.1 Å². The van der Waals surface area contributed by atoms with Gasteiger partial charge in [0.05, 0.1) is 5.54 Å². The van der Waals surface area contributed by atoms with E-state index in [1.165, 1.54) is 6.07 Å². The molecule has 1 N–H and O–H groups in total. The highest BCUT2D eigenvalue weighted by molar-refractivity contribution is 5.90. The number of hydrogen-bond donors (Lipinski definition) is 1. The second-order valence-electron chi connectivity index (χ2n) is 6.13. The number of benzene rings is 2. The Balaban J connectivity index is 2.26. The lowest BCUT2D eigenvalue weighted by atomic mass is 9.86. The molecule has 22 heavy (non-hydrogen) atoms. The van der Waals surface area contributed by atoms with Gasteiger partial charge in [0.1, 0.15) is 0 Å². The maximum absolute atomic E-state index is 14.1. The van der Waals surface area contributed by atoms with Crippen molar-refractivity contribution in [3.63, 3.8) is 0 Å². The molecule has 0 atom stereocenters. The van der Waals surface area contributed by atoms with Gasteiger partial charge in [-0.25, -0.2) is 13.2 Å². The van der Waals surface area contributed by atoms with E-state index in [-0.39, 0.29) is 11.1 Å². The highest BCUT2D eigenvalue weighted by Crippen LogP contribution is 2.41. The maximum atomic E-state index is 14.1. The lowest BCUT2D eigenvalue weighted by molar-refractivity contribution is 0.449. The van der Waals surface area contributed by atoms with Crippen LogP contribution in [0.3, 0.4) is 0 Å². The maximum Gasteiger partial charge on any atom is 0.195 e. The van der Waals surface area contributed by atoms with Gasteiger partial charge in [-0.3, -0.25) is 0 Å². The molecular formula is C18H16F3N. The van der Waals surface area contributed by atoms with Crippen LogP contribution in [0.2, 0.25) is 0 Å². The summed E-state index contributed by atoms with van der Waals surface area (Å²) in [6.45, 7) is 6.00. The Morgan fingerprint density at radius 2 is 1.64 bits per heavy atom. The van der Waals surface area contributed by atoms with Crippen LogP contribution in [0, 0.1) is 17.5 Å². The molecule has 2 aromatic carbocycles. The normalized spacial score (nSPS) is 15.8. The van der Waals surface area contributed by atoms with E-state index in [1.54, 1.807) is 12.1 Å². The zero-order valence-electron chi connectivity index (χ0n) is 12.6. The third-order valence-electron chi connectivity index (χ3n) is 3.82. The molecule has 4 heteroatoms. The van der Waals surface area contributed by atoms with Crippen molar-refractivity contribution in [2.45, 2.75) is 26.3 Å². The van der Waals surface area contributed by atoms with E-state index >= 15 is 0 Å².